The quantitative estimate of drug-likeness (QED) is 0.252. The molecule has 23 heavy (non-hydrogen) atoms. The Morgan fingerprint density at radius 3 is 2.09 bits per heavy atom. The second-order valence-electron chi connectivity index (χ2n) is 4.58. The van der Waals surface area contributed by atoms with Gasteiger partial charge in [-0.05, 0) is 24.3 Å². The third-order valence-corrected chi connectivity index (χ3v) is 3.09. The summed E-state index contributed by atoms with van der Waals surface area (Å²) in [5, 5.41) is 46.7. The zero-order valence-corrected chi connectivity index (χ0v) is 11.6. The number of hydrogen-bond acceptors (Lipinski definition) is 6. The average Bonchev–Trinajstić information content (AvgIpc) is 2.54. The monoisotopic (exact) mass is 316 g/mol. The first kappa shape index (κ1) is 15.9. The van der Waals surface area contributed by atoms with Crippen molar-refractivity contribution in [2.45, 2.75) is 0 Å². The topological polar surface area (TPSA) is 135 Å². The van der Waals surface area contributed by atoms with Gasteiger partial charge in [0, 0.05) is 11.1 Å². The molecule has 0 aliphatic rings. The van der Waals surface area contributed by atoms with Crippen LogP contribution < -0.4 is 0 Å². The number of carboxylic acids is 1. The lowest BCUT2D eigenvalue weighted by Crippen LogP contribution is -2.06. The molecule has 0 saturated heterocycles. The number of rotatable bonds is 4. The summed E-state index contributed by atoms with van der Waals surface area (Å²) in [6, 6.07) is 6.53. The van der Waals surface area contributed by atoms with Crippen LogP contribution >= 0.6 is 0 Å². The maximum atomic E-state index is 12.1. The molecule has 0 aromatic heterocycles. The van der Waals surface area contributed by atoms with E-state index in [0.29, 0.717) is 0 Å². The number of phenols is 4. The summed E-state index contributed by atoms with van der Waals surface area (Å²) in [5.74, 6) is -5.13. The van der Waals surface area contributed by atoms with Gasteiger partial charge in [-0.3, -0.25) is 4.79 Å². The summed E-state index contributed by atoms with van der Waals surface area (Å²) < 4.78 is 0. The summed E-state index contributed by atoms with van der Waals surface area (Å²) in [6.07, 6.45) is 2.06. The number of aromatic carboxylic acids is 1. The molecule has 0 amide bonds. The summed E-state index contributed by atoms with van der Waals surface area (Å²) in [7, 11) is 0. The summed E-state index contributed by atoms with van der Waals surface area (Å²) in [4.78, 5) is 23.2. The maximum Gasteiger partial charge on any atom is 0.336 e. The molecule has 118 valence electrons. The number of benzene rings is 2. The van der Waals surface area contributed by atoms with Gasteiger partial charge in [-0.1, -0.05) is 18.2 Å². The van der Waals surface area contributed by atoms with E-state index in [-0.39, 0.29) is 16.7 Å². The molecule has 0 heterocycles. The number of carbonyl (C=O) groups is 2. The lowest BCUT2D eigenvalue weighted by atomic mass is 10.0. The molecule has 7 heteroatoms. The Balaban J connectivity index is 2.39. The molecule has 7 nitrogen and oxygen atoms in total. The van der Waals surface area contributed by atoms with Crippen molar-refractivity contribution in [3.63, 3.8) is 0 Å². The Kier molecular flexibility index (Phi) is 4.22. The van der Waals surface area contributed by atoms with E-state index in [1.165, 1.54) is 24.3 Å². The minimum absolute atomic E-state index is 0.0528. The summed E-state index contributed by atoms with van der Waals surface area (Å²) >= 11 is 0. The van der Waals surface area contributed by atoms with Crippen LogP contribution in [0.2, 0.25) is 0 Å². The summed E-state index contributed by atoms with van der Waals surface area (Å²) in [5.41, 5.74) is -0.357. The number of allylic oxidation sites excluding steroid dienone is 1. The van der Waals surface area contributed by atoms with Crippen molar-refractivity contribution in [2.24, 2.45) is 0 Å². The van der Waals surface area contributed by atoms with E-state index in [1.807, 2.05) is 0 Å². The number of aromatic hydroxyl groups is 4. The predicted molar refractivity (Wildman–Crippen MR) is 79.9 cm³/mol. The highest BCUT2D eigenvalue weighted by Gasteiger charge is 2.16. The van der Waals surface area contributed by atoms with E-state index in [0.717, 1.165) is 18.2 Å². The fourth-order valence-electron chi connectivity index (χ4n) is 1.92. The van der Waals surface area contributed by atoms with Crippen molar-refractivity contribution < 1.29 is 35.1 Å². The van der Waals surface area contributed by atoms with Crippen LogP contribution in [-0.4, -0.2) is 37.3 Å². The Bertz CT molecular complexity index is 821. The van der Waals surface area contributed by atoms with Crippen LogP contribution in [0.4, 0.5) is 0 Å². The van der Waals surface area contributed by atoms with Crippen molar-refractivity contribution in [1.29, 1.82) is 0 Å². The first-order valence-corrected chi connectivity index (χ1v) is 6.34. The van der Waals surface area contributed by atoms with Gasteiger partial charge < -0.3 is 25.5 Å². The van der Waals surface area contributed by atoms with Gasteiger partial charge in [-0.15, -0.1) is 0 Å². The molecular weight excluding hydrogens is 304 g/mol. The summed E-state index contributed by atoms with van der Waals surface area (Å²) in [6.45, 7) is 0. The van der Waals surface area contributed by atoms with Gasteiger partial charge in [0.05, 0.1) is 5.56 Å². The van der Waals surface area contributed by atoms with Gasteiger partial charge in [-0.2, -0.15) is 0 Å². The third-order valence-electron chi connectivity index (χ3n) is 3.09. The Hall–Kier alpha value is -3.48. The average molecular weight is 316 g/mol. The van der Waals surface area contributed by atoms with Crippen molar-refractivity contribution in [2.75, 3.05) is 0 Å². The van der Waals surface area contributed by atoms with Gasteiger partial charge in [0.25, 0.3) is 0 Å². The molecule has 0 saturated carbocycles. The number of ketones is 1. The molecule has 0 aliphatic heterocycles. The minimum atomic E-state index is -1.26. The fraction of sp³-hybridized carbons (Fsp3) is 0. The van der Waals surface area contributed by atoms with Gasteiger partial charge in [-0.25, -0.2) is 4.79 Å². The van der Waals surface area contributed by atoms with Crippen LogP contribution in [0.1, 0.15) is 26.3 Å². The lowest BCUT2D eigenvalue weighted by molar-refractivity contribution is 0.0693. The molecule has 5 N–H and O–H groups in total. The second-order valence-corrected chi connectivity index (χ2v) is 4.58. The highest BCUT2D eigenvalue weighted by molar-refractivity contribution is 6.12. The van der Waals surface area contributed by atoms with E-state index in [2.05, 4.69) is 0 Å². The normalized spacial score (nSPS) is 10.8. The number of phenolic OH excluding ortho intramolecular Hbond substituents is 4. The van der Waals surface area contributed by atoms with Crippen molar-refractivity contribution in [3.8, 4) is 23.0 Å². The Labute approximate surface area is 130 Å². The van der Waals surface area contributed by atoms with Crippen molar-refractivity contribution in [3.05, 3.63) is 53.1 Å². The van der Waals surface area contributed by atoms with Gasteiger partial charge >= 0.3 is 5.97 Å². The molecule has 0 fully saturated rings. The molecule has 0 spiro atoms. The Morgan fingerprint density at radius 1 is 0.870 bits per heavy atom. The highest BCUT2D eigenvalue weighted by atomic mass is 16.4. The van der Waals surface area contributed by atoms with Crippen LogP contribution in [0.5, 0.6) is 23.0 Å². The Morgan fingerprint density at radius 2 is 1.48 bits per heavy atom. The van der Waals surface area contributed by atoms with Crippen molar-refractivity contribution >= 4 is 17.8 Å². The standard InChI is InChI=1S/C16H12O7/c17-11(9-3-1-2-4-10(9)16(22)23)6-5-8-7-12(18)14(20)15(21)13(8)19/h1-7,18-21H,(H,22,23)/b6-5+. The molecule has 2 rings (SSSR count). The maximum absolute atomic E-state index is 12.1. The first-order chi connectivity index (χ1) is 10.8. The largest absolute Gasteiger partial charge is 0.504 e. The number of carboxylic acid groups (broad SMARTS) is 1. The molecule has 0 aliphatic carbocycles. The van der Waals surface area contributed by atoms with Gasteiger partial charge in [0.1, 0.15) is 0 Å². The van der Waals surface area contributed by atoms with Crippen LogP contribution in [0, 0.1) is 0 Å². The van der Waals surface area contributed by atoms with Crippen LogP contribution in [0.15, 0.2) is 36.4 Å². The molecule has 0 bridgehead atoms. The predicted octanol–water partition coefficient (Wildman–Crippen LogP) is 2.10. The minimum Gasteiger partial charge on any atom is -0.504 e. The molecule has 2 aromatic carbocycles. The number of hydrogen-bond donors (Lipinski definition) is 5. The SMILES string of the molecule is O=C(O)c1ccccc1C(=O)/C=C/c1cc(O)c(O)c(O)c1O. The van der Waals surface area contributed by atoms with E-state index >= 15 is 0 Å². The molecule has 0 unspecified atom stereocenters. The smallest absolute Gasteiger partial charge is 0.336 e. The molecule has 0 atom stereocenters. The molecule has 2 aromatic rings. The van der Waals surface area contributed by atoms with Gasteiger partial charge in [0.2, 0.25) is 11.5 Å². The fourth-order valence-corrected chi connectivity index (χ4v) is 1.92. The van der Waals surface area contributed by atoms with E-state index in [9.17, 15) is 30.0 Å². The molecular formula is C16H12O7. The van der Waals surface area contributed by atoms with Crippen molar-refractivity contribution in [1.82, 2.24) is 0 Å². The first-order valence-electron chi connectivity index (χ1n) is 6.34. The lowest BCUT2D eigenvalue weighted by Gasteiger charge is -2.06. The van der Waals surface area contributed by atoms with Crippen LogP contribution in [0.3, 0.4) is 0 Å². The number of carbonyl (C=O) groups excluding carboxylic acids is 1. The van der Waals surface area contributed by atoms with E-state index < -0.39 is 34.8 Å². The molecule has 0 radical (unpaired) electrons. The highest BCUT2D eigenvalue weighted by Crippen LogP contribution is 2.44. The zero-order valence-electron chi connectivity index (χ0n) is 11.6. The second kappa shape index (κ2) is 6.10. The van der Waals surface area contributed by atoms with Gasteiger partial charge in [0.15, 0.2) is 17.3 Å². The van der Waals surface area contributed by atoms with E-state index in [1.54, 1.807) is 0 Å². The van der Waals surface area contributed by atoms with Crippen LogP contribution in [-0.2, 0) is 0 Å². The third kappa shape index (κ3) is 3.08. The van der Waals surface area contributed by atoms with Crippen LogP contribution in [0.25, 0.3) is 6.08 Å². The zero-order chi connectivity index (χ0) is 17.1. The van der Waals surface area contributed by atoms with E-state index in [4.69, 9.17) is 5.11 Å².